The van der Waals surface area contributed by atoms with Crippen LogP contribution < -0.4 is 16.0 Å². The second kappa shape index (κ2) is 8.38. The van der Waals surface area contributed by atoms with Gasteiger partial charge in [-0.1, -0.05) is 24.3 Å². The summed E-state index contributed by atoms with van der Waals surface area (Å²) in [6.07, 6.45) is 0. The monoisotopic (exact) mass is 447 g/mol. The second-order valence-electron chi connectivity index (χ2n) is 8.08. The van der Waals surface area contributed by atoms with Crippen LogP contribution in [0.2, 0.25) is 0 Å². The number of rotatable bonds is 4. The minimum atomic E-state index is -0.593. The van der Waals surface area contributed by atoms with Crippen molar-refractivity contribution >= 4 is 22.5 Å². The van der Waals surface area contributed by atoms with Crippen LogP contribution in [0.15, 0.2) is 54.6 Å². The van der Waals surface area contributed by atoms with Crippen molar-refractivity contribution in [3.63, 3.8) is 0 Å². The SMILES string of the molecule is Cc1nn(-c2cccc(CN)c2)c2c(F)c(-c3ccc(N4CCNCC4=O)cc3F)ccc12. The van der Waals surface area contributed by atoms with E-state index in [4.69, 9.17) is 5.73 Å². The van der Waals surface area contributed by atoms with E-state index in [1.165, 1.54) is 21.7 Å². The third kappa shape index (κ3) is 3.67. The van der Waals surface area contributed by atoms with E-state index in [1.54, 1.807) is 18.2 Å². The van der Waals surface area contributed by atoms with Gasteiger partial charge < -0.3 is 16.0 Å². The minimum Gasteiger partial charge on any atom is -0.326 e. The molecule has 0 saturated carbocycles. The van der Waals surface area contributed by atoms with Gasteiger partial charge in [0, 0.05) is 41.8 Å². The molecule has 0 atom stereocenters. The Morgan fingerprint density at radius 2 is 1.88 bits per heavy atom. The van der Waals surface area contributed by atoms with Crippen molar-refractivity contribution in [1.82, 2.24) is 15.1 Å². The first kappa shape index (κ1) is 21.2. The fraction of sp³-hybridized carbons (Fsp3) is 0.200. The molecular weight excluding hydrogens is 424 g/mol. The zero-order valence-electron chi connectivity index (χ0n) is 18.1. The topological polar surface area (TPSA) is 76.2 Å². The Bertz CT molecular complexity index is 1380. The fourth-order valence-electron chi connectivity index (χ4n) is 4.30. The molecular formula is C25H23F2N5O. The summed E-state index contributed by atoms with van der Waals surface area (Å²) in [5.41, 5.74) is 9.01. The molecule has 1 saturated heterocycles. The molecule has 0 radical (unpaired) electrons. The molecule has 0 unspecified atom stereocenters. The van der Waals surface area contributed by atoms with Crippen LogP contribution in [-0.2, 0) is 11.3 Å². The van der Waals surface area contributed by atoms with Gasteiger partial charge in [-0.05, 0) is 42.8 Å². The third-order valence-electron chi connectivity index (χ3n) is 6.00. The van der Waals surface area contributed by atoms with E-state index in [9.17, 15) is 4.79 Å². The Morgan fingerprint density at radius 3 is 2.64 bits per heavy atom. The van der Waals surface area contributed by atoms with E-state index >= 15 is 8.78 Å². The molecule has 33 heavy (non-hydrogen) atoms. The zero-order chi connectivity index (χ0) is 23.1. The Balaban J connectivity index is 1.62. The van der Waals surface area contributed by atoms with E-state index in [1.807, 2.05) is 31.2 Å². The first-order chi connectivity index (χ1) is 16.0. The second-order valence-corrected chi connectivity index (χ2v) is 8.08. The van der Waals surface area contributed by atoms with Crippen molar-refractivity contribution in [2.24, 2.45) is 5.73 Å². The maximum atomic E-state index is 15.9. The summed E-state index contributed by atoms with van der Waals surface area (Å²) >= 11 is 0. The van der Waals surface area contributed by atoms with Gasteiger partial charge >= 0.3 is 0 Å². The van der Waals surface area contributed by atoms with Crippen LogP contribution in [0.25, 0.3) is 27.7 Å². The lowest BCUT2D eigenvalue weighted by Gasteiger charge is -2.27. The van der Waals surface area contributed by atoms with Gasteiger partial charge in [0.05, 0.1) is 17.9 Å². The molecule has 1 aliphatic rings. The van der Waals surface area contributed by atoms with Gasteiger partial charge in [-0.3, -0.25) is 4.79 Å². The highest BCUT2D eigenvalue weighted by atomic mass is 19.1. The quantitative estimate of drug-likeness (QED) is 0.501. The van der Waals surface area contributed by atoms with E-state index in [0.29, 0.717) is 42.1 Å². The Labute approximate surface area is 189 Å². The first-order valence-electron chi connectivity index (χ1n) is 10.8. The number of hydrogen-bond donors (Lipinski definition) is 2. The number of amides is 1. The maximum absolute atomic E-state index is 15.9. The number of piperazine rings is 1. The lowest BCUT2D eigenvalue weighted by Crippen LogP contribution is -2.48. The molecule has 0 bridgehead atoms. The summed E-state index contributed by atoms with van der Waals surface area (Å²) < 4.78 is 32.6. The number of fused-ring (bicyclic) bond motifs is 1. The molecule has 3 N–H and O–H groups in total. The average molecular weight is 447 g/mol. The lowest BCUT2D eigenvalue weighted by molar-refractivity contribution is -0.118. The van der Waals surface area contributed by atoms with E-state index in [-0.39, 0.29) is 29.1 Å². The van der Waals surface area contributed by atoms with Gasteiger partial charge in [-0.15, -0.1) is 0 Å². The smallest absolute Gasteiger partial charge is 0.240 e. The molecule has 5 rings (SSSR count). The number of aromatic nitrogens is 2. The highest BCUT2D eigenvalue weighted by Gasteiger charge is 2.23. The first-order valence-corrected chi connectivity index (χ1v) is 10.8. The molecule has 1 amide bonds. The van der Waals surface area contributed by atoms with Crippen molar-refractivity contribution in [2.75, 3.05) is 24.5 Å². The summed E-state index contributed by atoms with van der Waals surface area (Å²) in [4.78, 5) is 13.7. The third-order valence-corrected chi connectivity index (χ3v) is 6.00. The zero-order valence-corrected chi connectivity index (χ0v) is 18.1. The molecule has 3 aromatic carbocycles. The van der Waals surface area contributed by atoms with Crippen LogP contribution >= 0.6 is 0 Å². The van der Waals surface area contributed by atoms with Crippen molar-refractivity contribution in [3.8, 4) is 16.8 Å². The highest BCUT2D eigenvalue weighted by Crippen LogP contribution is 2.34. The average Bonchev–Trinajstić information content (AvgIpc) is 3.17. The predicted octanol–water partition coefficient (Wildman–Crippen LogP) is 3.67. The molecule has 4 aromatic rings. The van der Waals surface area contributed by atoms with E-state index in [2.05, 4.69) is 10.4 Å². The standard InChI is InChI=1S/C25H23F2N5O/c1-15-19-7-8-21(20-6-5-17(12-22(20)26)31-10-9-29-14-23(31)33)24(27)25(19)32(30-15)18-4-2-3-16(11-18)13-28/h2-8,11-12,29H,9-10,13-14,28H2,1H3. The van der Waals surface area contributed by atoms with Crippen molar-refractivity contribution in [1.29, 1.82) is 0 Å². The molecule has 8 heteroatoms. The molecule has 1 aliphatic heterocycles. The summed E-state index contributed by atoms with van der Waals surface area (Å²) in [5.74, 6) is -1.28. The number of nitrogens with zero attached hydrogens (tertiary/aromatic N) is 3. The van der Waals surface area contributed by atoms with Crippen LogP contribution in [0.3, 0.4) is 0 Å². The van der Waals surface area contributed by atoms with E-state index in [0.717, 1.165) is 5.56 Å². The number of nitrogens with two attached hydrogens (primary N) is 1. The normalized spacial score (nSPS) is 14.3. The van der Waals surface area contributed by atoms with Gasteiger partial charge in [0.15, 0.2) is 5.82 Å². The van der Waals surface area contributed by atoms with Crippen LogP contribution in [0.5, 0.6) is 0 Å². The van der Waals surface area contributed by atoms with Crippen molar-refractivity contribution in [2.45, 2.75) is 13.5 Å². The predicted molar refractivity (Wildman–Crippen MR) is 124 cm³/mol. The molecule has 0 spiro atoms. The van der Waals surface area contributed by atoms with Gasteiger partial charge in [-0.2, -0.15) is 5.10 Å². The summed E-state index contributed by atoms with van der Waals surface area (Å²) in [6, 6.07) is 15.2. The Morgan fingerprint density at radius 1 is 1.06 bits per heavy atom. The van der Waals surface area contributed by atoms with Gasteiger partial charge in [-0.25, -0.2) is 13.5 Å². The molecule has 0 aliphatic carbocycles. The molecule has 1 aromatic heterocycles. The Kier molecular flexibility index (Phi) is 5.39. The molecule has 168 valence electrons. The molecule has 2 heterocycles. The lowest BCUT2D eigenvalue weighted by atomic mass is 10.0. The highest BCUT2D eigenvalue weighted by molar-refractivity contribution is 5.96. The maximum Gasteiger partial charge on any atom is 0.240 e. The summed E-state index contributed by atoms with van der Waals surface area (Å²) in [6.45, 7) is 3.47. The number of carbonyl (C=O) groups excluding carboxylic acids is 1. The van der Waals surface area contributed by atoms with Crippen LogP contribution in [-0.4, -0.2) is 35.3 Å². The number of anilines is 1. The van der Waals surface area contributed by atoms with Crippen molar-refractivity contribution < 1.29 is 13.6 Å². The van der Waals surface area contributed by atoms with Crippen LogP contribution in [0, 0.1) is 18.6 Å². The summed E-state index contributed by atoms with van der Waals surface area (Å²) in [5, 5.41) is 8.17. The molecule has 1 fully saturated rings. The summed E-state index contributed by atoms with van der Waals surface area (Å²) in [7, 11) is 0. The van der Waals surface area contributed by atoms with Crippen molar-refractivity contribution in [3.05, 3.63) is 77.5 Å². The van der Waals surface area contributed by atoms with Crippen LogP contribution in [0.1, 0.15) is 11.3 Å². The number of aryl methyl sites for hydroxylation is 1. The number of benzene rings is 3. The largest absolute Gasteiger partial charge is 0.326 e. The van der Waals surface area contributed by atoms with Gasteiger partial charge in [0.2, 0.25) is 5.91 Å². The minimum absolute atomic E-state index is 0.125. The molecule has 6 nitrogen and oxygen atoms in total. The number of nitrogens with one attached hydrogen (secondary N) is 1. The van der Waals surface area contributed by atoms with Gasteiger partial charge in [0.25, 0.3) is 0 Å². The fourth-order valence-corrected chi connectivity index (χ4v) is 4.30. The van der Waals surface area contributed by atoms with Gasteiger partial charge in [0.1, 0.15) is 11.3 Å². The Hall–Kier alpha value is -3.62. The van der Waals surface area contributed by atoms with Crippen LogP contribution in [0.4, 0.5) is 14.5 Å². The number of carbonyl (C=O) groups is 1. The number of hydrogen-bond acceptors (Lipinski definition) is 4. The number of halogens is 2. The van der Waals surface area contributed by atoms with E-state index < -0.39 is 11.6 Å².